The molecule has 1 fully saturated rings. The van der Waals surface area contributed by atoms with E-state index >= 15 is 0 Å². The van der Waals surface area contributed by atoms with Crippen LogP contribution in [0.3, 0.4) is 0 Å². The highest BCUT2D eigenvalue weighted by atomic mass is 35.5. The first-order valence-corrected chi connectivity index (χ1v) is 12.7. The van der Waals surface area contributed by atoms with E-state index in [2.05, 4.69) is 10.9 Å². The molecule has 7 nitrogen and oxygen atoms in total. The molecule has 0 aliphatic carbocycles. The van der Waals surface area contributed by atoms with Crippen molar-refractivity contribution in [2.45, 2.75) is 17.7 Å². The van der Waals surface area contributed by atoms with Gasteiger partial charge < -0.3 is 0 Å². The van der Waals surface area contributed by atoms with Gasteiger partial charge in [-0.1, -0.05) is 54.1 Å². The predicted octanol–water partition coefficient (Wildman–Crippen LogP) is 3.87. The Bertz CT molecular complexity index is 1260. The van der Waals surface area contributed by atoms with Crippen molar-refractivity contribution in [3.63, 3.8) is 0 Å². The van der Waals surface area contributed by atoms with Crippen molar-refractivity contribution in [1.82, 2.24) is 15.2 Å². The molecular weight excluding hydrogens is 474 g/mol. The molecule has 3 aromatic rings. The van der Waals surface area contributed by atoms with Crippen LogP contribution in [-0.4, -0.2) is 37.6 Å². The van der Waals surface area contributed by atoms with E-state index < -0.39 is 21.8 Å². The van der Waals surface area contributed by atoms with Gasteiger partial charge in [-0.2, -0.15) is 4.31 Å². The van der Waals surface area contributed by atoms with Gasteiger partial charge in [0.15, 0.2) is 0 Å². The molecule has 34 heavy (non-hydrogen) atoms. The zero-order chi connectivity index (χ0) is 24.1. The summed E-state index contributed by atoms with van der Waals surface area (Å²) in [5.41, 5.74) is 7.14. The molecular formula is C25H24ClN3O4S. The summed E-state index contributed by atoms with van der Waals surface area (Å²) < 4.78 is 27.5. The molecule has 1 heterocycles. The number of piperidine rings is 1. The normalized spacial score (nSPS) is 15.0. The van der Waals surface area contributed by atoms with Gasteiger partial charge in [-0.05, 0) is 60.4 Å². The Morgan fingerprint density at radius 2 is 1.38 bits per heavy atom. The maximum Gasteiger partial charge on any atom is 0.269 e. The zero-order valence-electron chi connectivity index (χ0n) is 18.3. The smallest absolute Gasteiger partial charge is 0.269 e. The highest BCUT2D eigenvalue weighted by molar-refractivity contribution is 7.89. The Morgan fingerprint density at radius 1 is 0.794 bits per heavy atom. The van der Waals surface area contributed by atoms with Crippen LogP contribution in [0.1, 0.15) is 23.2 Å². The number of nitrogens with one attached hydrogen (secondary N) is 2. The largest absolute Gasteiger partial charge is 0.273 e. The van der Waals surface area contributed by atoms with Gasteiger partial charge in [0.05, 0.1) is 4.90 Å². The summed E-state index contributed by atoms with van der Waals surface area (Å²) in [7, 11) is -3.65. The van der Waals surface area contributed by atoms with Crippen molar-refractivity contribution in [3.05, 3.63) is 89.4 Å². The minimum atomic E-state index is -3.65. The van der Waals surface area contributed by atoms with Crippen molar-refractivity contribution < 1.29 is 18.0 Å². The summed E-state index contributed by atoms with van der Waals surface area (Å²) in [5, 5.41) is 0.509. The molecule has 4 rings (SSSR count). The maximum absolute atomic E-state index is 13.1. The number of nitrogens with zero attached hydrogens (tertiary/aromatic N) is 1. The lowest BCUT2D eigenvalue weighted by molar-refractivity contribution is -0.126. The van der Waals surface area contributed by atoms with Crippen LogP contribution in [0, 0.1) is 5.92 Å². The third-order valence-corrected chi connectivity index (χ3v) is 7.99. The Morgan fingerprint density at radius 3 is 2.00 bits per heavy atom. The van der Waals surface area contributed by atoms with Gasteiger partial charge >= 0.3 is 0 Å². The average molecular weight is 498 g/mol. The van der Waals surface area contributed by atoms with E-state index in [4.69, 9.17) is 11.6 Å². The fourth-order valence-electron chi connectivity index (χ4n) is 3.85. The number of carbonyl (C=O) groups is 2. The average Bonchev–Trinajstić information content (AvgIpc) is 2.88. The number of carbonyl (C=O) groups excluding carboxylic acids is 2. The van der Waals surface area contributed by atoms with Crippen molar-refractivity contribution in [2.75, 3.05) is 13.1 Å². The first-order chi connectivity index (χ1) is 16.3. The Balaban J connectivity index is 1.31. The summed E-state index contributed by atoms with van der Waals surface area (Å²) in [6, 6.07) is 22.8. The molecule has 9 heteroatoms. The fourth-order valence-corrected chi connectivity index (χ4v) is 5.45. The lowest BCUT2D eigenvalue weighted by atomic mass is 9.98. The van der Waals surface area contributed by atoms with E-state index in [9.17, 15) is 18.0 Å². The minimum Gasteiger partial charge on any atom is -0.273 e. The predicted molar refractivity (Wildman–Crippen MR) is 130 cm³/mol. The quantitative estimate of drug-likeness (QED) is 0.523. The van der Waals surface area contributed by atoms with Crippen LogP contribution in [-0.2, 0) is 14.8 Å². The third-order valence-electron chi connectivity index (χ3n) is 5.83. The van der Waals surface area contributed by atoms with E-state index in [1.165, 1.54) is 4.31 Å². The van der Waals surface area contributed by atoms with E-state index in [1.807, 2.05) is 30.3 Å². The number of benzene rings is 3. The maximum atomic E-state index is 13.1. The Hall–Kier alpha value is -3.20. The van der Waals surface area contributed by atoms with Crippen LogP contribution in [0.25, 0.3) is 11.1 Å². The van der Waals surface area contributed by atoms with Gasteiger partial charge in [-0.15, -0.1) is 0 Å². The van der Waals surface area contributed by atoms with Crippen LogP contribution in [0.2, 0.25) is 5.02 Å². The molecule has 1 aliphatic rings. The number of halogens is 1. The van der Waals surface area contributed by atoms with Crippen LogP contribution in [0.5, 0.6) is 0 Å². The molecule has 0 aromatic heterocycles. The lowest BCUT2D eigenvalue weighted by Crippen LogP contribution is -2.48. The summed E-state index contributed by atoms with van der Waals surface area (Å²) in [6.45, 7) is 0.456. The number of rotatable bonds is 5. The molecule has 0 bridgehead atoms. The zero-order valence-corrected chi connectivity index (χ0v) is 19.9. The van der Waals surface area contributed by atoms with Crippen molar-refractivity contribution in [2.24, 2.45) is 5.92 Å². The van der Waals surface area contributed by atoms with Gasteiger partial charge in [-0.3, -0.25) is 20.4 Å². The summed E-state index contributed by atoms with van der Waals surface area (Å²) >= 11 is 5.81. The number of sulfonamides is 1. The van der Waals surface area contributed by atoms with Crippen LogP contribution in [0.15, 0.2) is 83.8 Å². The molecule has 1 saturated heterocycles. The van der Waals surface area contributed by atoms with Crippen molar-refractivity contribution in [1.29, 1.82) is 0 Å². The molecule has 0 unspecified atom stereocenters. The van der Waals surface area contributed by atoms with E-state index in [-0.39, 0.29) is 23.9 Å². The number of amides is 2. The molecule has 176 valence electrons. The summed E-state index contributed by atoms with van der Waals surface area (Å²) in [4.78, 5) is 24.8. The van der Waals surface area contributed by atoms with Crippen LogP contribution >= 0.6 is 11.6 Å². The number of hydrogen-bond acceptors (Lipinski definition) is 4. The molecule has 2 N–H and O–H groups in total. The highest BCUT2D eigenvalue weighted by Gasteiger charge is 2.32. The molecule has 0 atom stereocenters. The van der Waals surface area contributed by atoms with Crippen molar-refractivity contribution in [3.8, 4) is 11.1 Å². The lowest BCUT2D eigenvalue weighted by Gasteiger charge is -2.30. The first kappa shape index (κ1) is 23.9. The molecule has 1 aliphatic heterocycles. The van der Waals surface area contributed by atoms with Gasteiger partial charge in [0, 0.05) is 29.6 Å². The SMILES string of the molecule is O=C(NNC(=O)C1CCN(S(=O)(=O)c2ccc(-c3ccccc3)cc2)CC1)c1ccc(Cl)cc1. The minimum absolute atomic E-state index is 0.227. The summed E-state index contributed by atoms with van der Waals surface area (Å²) in [6.07, 6.45) is 0.730. The molecule has 3 aromatic carbocycles. The molecule has 2 amide bonds. The van der Waals surface area contributed by atoms with Crippen LogP contribution in [0.4, 0.5) is 0 Å². The third kappa shape index (κ3) is 5.47. The second kappa shape index (κ2) is 10.4. The first-order valence-electron chi connectivity index (χ1n) is 10.9. The summed E-state index contributed by atoms with van der Waals surface area (Å²) in [5.74, 6) is -1.19. The van der Waals surface area contributed by atoms with E-state index in [0.29, 0.717) is 23.4 Å². The second-order valence-corrected chi connectivity index (χ2v) is 10.4. The molecule has 0 radical (unpaired) electrons. The highest BCUT2D eigenvalue weighted by Crippen LogP contribution is 2.26. The van der Waals surface area contributed by atoms with Crippen LogP contribution < -0.4 is 10.9 Å². The van der Waals surface area contributed by atoms with E-state index in [1.54, 1.807) is 48.5 Å². The number of hydrogen-bond donors (Lipinski definition) is 2. The van der Waals surface area contributed by atoms with E-state index in [0.717, 1.165) is 11.1 Å². The molecule has 0 saturated carbocycles. The van der Waals surface area contributed by atoms with Gasteiger partial charge in [0.25, 0.3) is 5.91 Å². The van der Waals surface area contributed by atoms with Gasteiger partial charge in [0.1, 0.15) is 0 Å². The fraction of sp³-hybridized carbons (Fsp3) is 0.200. The number of hydrazine groups is 1. The Kier molecular flexibility index (Phi) is 7.31. The second-order valence-electron chi connectivity index (χ2n) is 8.02. The van der Waals surface area contributed by atoms with Gasteiger partial charge in [0.2, 0.25) is 15.9 Å². The standard InChI is InChI=1S/C25H24ClN3O4S/c26-22-10-6-20(7-11-22)24(30)27-28-25(31)21-14-16-29(17-15-21)34(32,33)23-12-8-19(9-13-23)18-4-2-1-3-5-18/h1-13,21H,14-17H2,(H,27,30)(H,28,31). The van der Waals surface area contributed by atoms with Crippen molar-refractivity contribution >= 4 is 33.4 Å². The molecule has 0 spiro atoms. The monoisotopic (exact) mass is 497 g/mol. The topological polar surface area (TPSA) is 95.6 Å². The van der Waals surface area contributed by atoms with Gasteiger partial charge in [-0.25, -0.2) is 8.42 Å². The Labute approximate surface area is 203 Å².